The van der Waals surface area contributed by atoms with Gasteiger partial charge in [-0.1, -0.05) is 33.6 Å². The van der Waals surface area contributed by atoms with Crippen molar-refractivity contribution < 1.29 is 10.0 Å². The minimum atomic E-state index is -1.13. The molecule has 4 heteroatoms. The van der Waals surface area contributed by atoms with Crippen LogP contribution < -0.4 is 0 Å². The zero-order valence-corrected chi connectivity index (χ0v) is 8.62. The first kappa shape index (κ1) is 12.4. The normalized spacial score (nSPS) is 15.8. The summed E-state index contributed by atoms with van der Waals surface area (Å²) in [5.74, 6) is -0.0653. The molecule has 0 rings (SSSR count). The van der Waals surface area contributed by atoms with Crippen molar-refractivity contribution in [3.05, 3.63) is 10.1 Å². The fourth-order valence-electron chi connectivity index (χ4n) is 1.26. The second-order valence-electron chi connectivity index (χ2n) is 3.85. The molecule has 0 aromatic heterocycles. The molecule has 4 nitrogen and oxygen atoms in total. The average Bonchev–Trinajstić information content (AvgIpc) is 1.99. The predicted octanol–water partition coefficient (Wildman–Crippen LogP) is 1.84. The van der Waals surface area contributed by atoms with Gasteiger partial charge in [0.2, 0.25) is 6.54 Å². The van der Waals surface area contributed by atoms with Gasteiger partial charge < -0.3 is 5.11 Å². The fraction of sp³-hybridized carbons (Fsp3) is 1.00. The molecule has 0 saturated heterocycles. The summed E-state index contributed by atoms with van der Waals surface area (Å²) in [6, 6.07) is 0. The Morgan fingerprint density at radius 2 is 2.08 bits per heavy atom. The van der Waals surface area contributed by atoms with Crippen LogP contribution >= 0.6 is 0 Å². The molecule has 1 N–H and O–H groups in total. The molecule has 0 bridgehead atoms. The van der Waals surface area contributed by atoms with E-state index in [-0.39, 0.29) is 12.5 Å². The van der Waals surface area contributed by atoms with E-state index in [0.717, 1.165) is 12.8 Å². The van der Waals surface area contributed by atoms with Crippen LogP contribution in [-0.2, 0) is 0 Å². The first-order valence-corrected chi connectivity index (χ1v) is 4.76. The summed E-state index contributed by atoms with van der Waals surface area (Å²) >= 11 is 0. The van der Waals surface area contributed by atoms with Crippen LogP contribution in [0.25, 0.3) is 0 Å². The number of nitrogens with zero attached hydrogens (tertiary/aromatic N) is 1. The summed E-state index contributed by atoms with van der Waals surface area (Å²) in [5.41, 5.74) is -1.13. The molecule has 0 aromatic carbocycles. The Kier molecular flexibility index (Phi) is 4.91. The van der Waals surface area contributed by atoms with Crippen molar-refractivity contribution in [2.75, 3.05) is 6.54 Å². The van der Waals surface area contributed by atoms with Crippen molar-refractivity contribution in [2.45, 2.75) is 45.6 Å². The van der Waals surface area contributed by atoms with E-state index in [4.69, 9.17) is 0 Å². The van der Waals surface area contributed by atoms with Crippen LogP contribution in [0.4, 0.5) is 0 Å². The minimum Gasteiger partial charge on any atom is -0.383 e. The average molecular weight is 189 g/mol. The zero-order chi connectivity index (χ0) is 10.5. The summed E-state index contributed by atoms with van der Waals surface area (Å²) in [4.78, 5) is 9.89. The Bertz CT molecular complexity index is 170. The highest BCUT2D eigenvalue weighted by atomic mass is 16.6. The van der Waals surface area contributed by atoms with Crippen LogP contribution in [0, 0.1) is 16.0 Å². The van der Waals surface area contributed by atoms with Gasteiger partial charge in [0.15, 0.2) is 0 Å². The quantitative estimate of drug-likeness (QED) is 0.512. The van der Waals surface area contributed by atoms with Crippen molar-refractivity contribution in [1.29, 1.82) is 0 Å². The molecule has 0 spiro atoms. The van der Waals surface area contributed by atoms with E-state index in [0.29, 0.717) is 6.42 Å². The minimum absolute atomic E-state index is 0.0653. The van der Waals surface area contributed by atoms with Crippen LogP contribution in [0.5, 0.6) is 0 Å². The van der Waals surface area contributed by atoms with Crippen LogP contribution in [-0.4, -0.2) is 22.2 Å². The molecule has 1 unspecified atom stereocenters. The Balaban J connectivity index is 4.24. The highest BCUT2D eigenvalue weighted by Gasteiger charge is 2.35. The summed E-state index contributed by atoms with van der Waals surface area (Å²) in [6.45, 7) is 5.30. The van der Waals surface area contributed by atoms with Crippen LogP contribution in [0.1, 0.15) is 40.0 Å². The van der Waals surface area contributed by atoms with E-state index in [9.17, 15) is 15.2 Å². The molecule has 0 amide bonds. The summed E-state index contributed by atoms with van der Waals surface area (Å²) in [5, 5.41) is 20.3. The summed E-state index contributed by atoms with van der Waals surface area (Å²) in [6.07, 6.45) is 2.30. The number of hydrogen-bond donors (Lipinski definition) is 1. The van der Waals surface area contributed by atoms with Gasteiger partial charge in [-0.2, -0.15) is 0 Å². The van der Waals surface area contributed by atoms with E-state index in [1.54, 1.807) is 0 Å². The molecule has 0 aromatic rings. The highest BCUT2D eigenvalue weighted by Crippen LogP contribution is 2.23. The lowest BCUT2D eigenvalue weighted by Gasteiger charge is -2.27. The molecule has 78 valence electrons. The molecular weight excluding hydrogens is 170 g/mol. The molecule has 0 aliphatic heterocycles. The van der Waals surface area contributed by atoms with Crippen LogP contribution in [0.2, 0.25) is 0 Å². The smallest absolute Gasteiger partial charge is 0.232 e. The Morgan fingerprint density at radius 3 is 2.38 bits per heavy atom. The number of nitro groups is 1. The maximum absolute atomic E-state index is 10.3. The topological polar surface area (TPSA) is 63.4 Å². The molecule has 0 saturated carbocycles. The van der Waals surface area contributed by atoms with Crippen molar-refractivity contribution in [3.8, 4) is 0 Å². The van der Waals surface area contributed by atoms with Crippen molar-refractivity contribution in [3.63, 3.8) is 0 Å². The number of hydrogen-bond acceptors (Lipinski definition) is 3. The first-order chi connectivity index (χ1) is 5.92. The monoisotopic (exact) mass is 189 g/mol. The van der Waals surface area contributed by atoms with Gasteiger partial charge in [-0.25, -0.2) is 0 Å². The lowest BCUT2D eigenvalue weighted by molar-refractivity contribution is -0.503. The lowest BCUT2D eigenvalue weighted by Crippen LogP contribution is -2.42. The third-order valence-corrected chi connectivity index (χ3v) is 2.44. The van der Waals surface area contributed by atoms with Crippen LogP contribution in [0.15, 0.2) is 0 Å². The third kappa shape index (κ3) is 4.22. The summed E-state index contributed by atoms with van der Waals surface area (Å²) in [7, 11) is 0. The molecule has 0 heterocycles. The largest absolute Gasteiger partial charge is 0.383 e. The van der Waals surface area contributed by atoms with Crippen molar-refractivity contribution >= 4 is 0 Å². The third-order valence-electron chi connectivity index (χ3n) is 2.44. The number of rotatable bonds is 6. The van der Waals surface area contributed by atoms with Crippen molar-refractivity contribution in [1.82, 2.24) is 0 Å². The van der Waals surface area contributed by atoms with Gasteiger partial charge in [0.1, 0.15) is 5.60 Å². The molecule has 1 atom stereocenters. The molecule has 0 radical (unpaired) electrons. The van der Waals surface area contributed by atoms with Gasteiger partial charge in [0, 0.05) is 4.92 Å². The van der Waals surface area contributed by atoms with Crippen LogP contribution in [0.3, 0.4) is 0 Å². The fourth-order valence-corrected chi connectivity index (χ4v) is 1.26. The molecule has 0 fully saturated rings. The first-order valence-electron chi connectivity index (χ1n) is 4.76. The number of aliphatic hydroxyl groups is 1. The second kappa shape index (κ2) is 5.17. The molecule has 13 heavy (non-hydrogen) atoms. The van der Waals surface area contributed by atoms with E-state index in [1.165, 1.54) is 0 Å². The molecule has 0 aliphatic rings. The lowest BCUT2D eigenvalue weighted by atomic mass is 9.85. The van der Waals surface area contributed by atoms with E-state index >= 15 is 0 Å². The maximum atomic E-state index is 10.3. The van der Waals surface area contributed by atoms with Gasteiger partial charge in [-0.05, 0) is 12.3 Å². The molecule has 0 aliphatic carbocycles. The Morgan fingerprint density at radius 1 is 1.54 bits per heavy atom. The SMILES string of the molecule is CCCCC(O)(C[N+](=O)[O-])C(C)C. The van der Waals surface area contributed by atoms with Gasteiger partial charge in [0.25, 0.3) is 0 Å². The summed E-state index contributed by atoms with van der Waals surface area (Å²) < 4.78 is 0. The second-order valence-corrected chi connectivity index (χ2v) is 3.85. The Hall–Kier alpha value is -0.640. The maximum Gasteiger partial charge on any atom is 0.232 e. The van der Waals surface area contributed by atoms with Gasteiger partial charge in [-0.15, -0.1) is 0 Å². The highest BCUT2D eigenvalue weighted by molar-refractivity contribution is 4.80. The van der Waals surface area contributed by atoms with E-state index in [2.05, 4.69) is 0 Å². The molecular formula is C9H19NO3. The zero-order valence-electron chi connectivity index (χ0n) is 8.62. The van der Waals surface area contributed by atoms with E-state index < -0.39 is 10.5 Å². The Labute approximate surface area is 79.1 Å². The van der Waals surface area contributed by atoms with Gasteiger partial charge in [-0.3, -0.25) is 10.1 Å². The standard InChI is InChI=1S/C9H19NO3/c1-4-5-6-9(11,8(2)3)7-10(12)13/h8,11H,4-7H2,1-3H3. The predicted molar refractivity (Wildman–Crippen MR) is 51.2 cm³/mol. The van der Waals surface area contributed by atoms with Gasteiger partial charge in [0.05, 0.1) is 0 Å². The van der Waals surface area contributed by atoms with E-state index in [1.807, 2.05) is 20.8 Å². The van der Waals surface area contributed by atoms with Gasteiger partial charge >= 0.3 is 0 Å². The van der Waals surface area contributed by atoms with Crippen molar-refractivity contribution in [2.24, 2.45) is 5.92 Å². The number of unbranched alkanes of at least 4 members (excludes halogenated alkanes) is 1.